The van der Waals surface area contributed by atoms with Gasteiger partial charge in [0.05, 0.1) is 6.61 Å². The summed E-state index contributed by atoms with van der Waals surface area (Å²) in [6.45, 7) is 7.33. The van der Waals surface area contributed by atoms with Crippen molar-refractivity contribution in [3.63, 3.8) is 0 Å². The van der Waals surface area contributed by atoms with Gasteiger partial charge in [0.1, 0.15) is 23.6 Å². The van der Waals surface area contributed by atoms with Gasteiger partial charge in [0.2, 0.25) is 0 Å². The van der Waals surface area contributed by atoms with Crippen LogP contribution < -0.4 is 10.1 Å². The summed E-state index contributed by atoms with van der Waals surface area (Å²) in [6, 6.07) is 22.3. The summed E-state index contributed by atoms with van der Waals surface area (Å²) < 4.78 is 18.7. The lowest BCUT2D eigenvalue weighted by atomic mass is 9.88. The van der Waals surface area contributed by atoms with Crippen molar-refractivity contribution >= 4 is 17.3 Å². The maximum atomic E-state index is 6.36. The average molecular weight is 452 g/mol. The van der Waals surface area contributed by atoms with Crippen LogP contribution >= 0.6 is 11.6 Å². The number of halogens is 1. The maximum Gasteiger partial charge on any atom is 0.132 e. The van der Waals surface area contributed by atoms with Crippen LogP contribution in [0.2, 0.25) is 5.02 Å². The number of benzene rings is 3. The molecule has 0 radical (unpaired) electrons. The van der Waals surface area contributed by atoms with E-state index in [1.54, 1.807) is 7.11 Å². The standard InChI is InChI=1S/C27H30ClNO3/c1-18-9-5-6-10-19(18)16-29-21-13-14-24-22(15-21)25(30-4)26(27(2,3)32-24)31-17-20-11-7-8-12-23(20)28/h5-15,25-26,29H,16-17H2,1-4H3. The fourth-order valence-corrected chi connectivity index (χ4v) is 4.37. The summed E-state index contributed by atoms with van der Waals surface area (Å²) in [6.07, 6.45) is -0.570. The quantitative estimate of drug-likeness (QED) is 0.433. The summed E-state index contributed by atoms with van der Waals surface area (Å²) in [4.78, 5) is 0. The number of nitrogens with one attached hydrogen (secondary N) is 1. The normalized spacial score (nSPS) is 19.2. The van der Waals surface area contributed by atoms with Crippen molar-refractivity contribution in [2.24, 2.45) is 0 Å². The third kappa shape index (κ3) is 4.78. The largest absolute Gasteiger partial charge is 0.485 e. The molecule has 0 spiro atoms. The van der Waals surface area contributed by atoms with Gasteiger partial charge in [0.15, 0.2) is 0 Å². The fraction of sp³-hybridized carbons (Fsp3) is 0.333. The molecule has 0 fully saturated rings. The van der Waals surface area contributed by atoms with Crippen molar-refractivity contribution in [2.75, 3.05) is 12.4 Å². The van der Waals surface area contributed by atoms with Crippen LogP contribution in [0.4, 0.5) is 5.69 Å². The van der Waals surface area contributed by atoms with Gasteiger partial charge in [-0.2, -0.15) is 0 Å². The van der Waals surface area contributed by atoms with Gasteiger partial charge in [-0.3, -0.25) is 0 Å². The van der Waals surface area contributed by atoms with Crippen LogP contribution in [0.25, 0.3) is 0 Å². The molecule has 0 aromatic heterocycles. The van der Waals surface area contributed by atoms with Crippen molar-refractivity contribution in [3.8, 4) is 5.75 Å². The van der Waals surface area contributed by atoms with Gasteiger partial charge in [-0.15, -0.1) is 0 Å². The van der Waals surface area contributed by atoms with E-state index in [0.717, 1.165) is 29.1 Å². The van der Waals surface area contributed by atoms with Crippen LogP contribution in [0.5, 0.6) is 5.75 Å². The van der Waals surface area contributed by atoms with Gasteiger partial charge < -0.3 is 19.5 Å². The second-order valence-electron chi connectivity index (χ2n) is 8.72. The molecule has 1 aliphatic heterocycles. The van der Waals surface area contributed by atoms with Crippen LogP contribution in [0, 0.1) is 6.92 Å². The van der Waals surface area contributed by atoms with Gasteiger partial charge in [0, 0.05) is 29.9 Å². The summed E-state index contributed by atoms with van der Waals surface area (Å²) >= 11 is 6.33. The first-order chi connectivity index (χ1) is 15.4. The second-order valence-corrected chi connectivity index (χ2v) is 9.12. The molecule has 168 valence electrons. The van der Waals surface area contributed by atoms with E-state index in [9.17, 15) is 0 Å². The molecule has 0 saturated carbocycles. The summed E-state index contributed by atoms with van der Waals surface area (Å²) in [5.74, 6) is 0.820. The molecule has 2 atom stereocenters. The molecule has 32 heavy (non-hydrogen) atoms. The lowest BCUT2D eigenvalue weighted by molar-refractivity contribution is -0.159. The van der Waals surface area contributed by atoms with E-state index in [1.165, 1.54) is 11.1 Å². The highest BCUT2D eigenvalue weighted by atomic mass is 35.5. The van der Waals surface area contributed by atoms with E-state index in [0.29, 0.717) is 11.6 Å². The number of aryl methyl sites for hydroxylation is 1. The van der Waals surface area contributed by atoms with Crippen LogP contribution in [0.1, 0.15) is 42.2 Å². The smallest absolute Gasteiger partial charge is 0.132 e. The average Bonchev–Trinajstić information content (AvgIpc) is 2.77. The zero-order chi connectivity index (χ0) is 22.7. The Morgan fingerprint density at radius 1 is 1.00 bits per heavy atom. The zero-order valence-electron chi connectivity index (χ0n) is 19.0. The third-order valence-electron chi connectivity index (χ3n) is 6.02. The number of fused-ring (bicyclic) bond motifs is 1. The van der Waals surface area contributed by atoms with E-state index in [1.807, 2.05) is 50.2 Å². The molecule has 4 nitrogen and oxygen atoms in total. The molecule has 3 aromatic rings. The Labute approximate surface area is 195 Å². The van der Waals surface area contributed by atoms with Crippen LogP contribution in [-0.2, 0) is 22.6 Å². The molecule has 1 N–H and O–H groups in total. The zero-order valence-corrected chi connectivity index (χ0v) is 19.8. The van der Waals surface area contributed by atoms with Gasteiger partial charge in [-0.05, 0) is 61.7 Å². The Morgan fingerprint density at radius 2 is 1.72 bits per heavy atom. The minimum absolute atomic E-state index is 0.267. The first-order valence-electron chi connectivity index (χ1n) is 10.9. The molecule has 5 heteroatoms. The minimum atomic E-state index is -0.564. The van der Waals surface area contributed by atoms with Gasteiger partial charge >= 0.3 is 0 Å². The predicted molar refractivity (Wildman–Crippen MR) is 129 cm³/mol. The highest BCUT2D eigenvalue weighted by Gasteiger charge is 2.45. The second kappa shape index (κ2) is 9.53. The van der Waals surface area contributed by atoms with E-state index in [2.05, 4.69) is 42.6 Å². The van der Waals surface area contributed by atoms with E-state index < -0.39 is 5.60 Å². The molecular weight excluding hydrogens is 422 g/mol. The number of anilines is 1. The predicted octanol–water partition coefficient (Wildman–Crippen LogP) is 6.70. The summed E-state index contributed by atoms with van der Waals surface area (Å²) in [5.41, 5.74) is 4.91. The molecule has 1 aliphatic rings. The van der Waals surface area contributed by atoms with Crippen molar-refractivity contribution < 1.29 is 14.2 Å². The highest BCUT2D eigenvalue weighted by Crippen LogP contribution is 2.44. The summed E-state index contributed by atoms with van der Waals surface area (Å²) in [5, 5.41) is 4.22. The topological polar surface area (TPSA) is 39.7 Å². The first-order valence-corrected chi connectivity index (χ1v) is 11.3. The fourth-order valence-electron chi connectivity index (χ4n) is 4.18. The Kier molecular flexibility index (Phi) is 6.75. The Balaban J connectivity index is 1.55. The number of hydrogen-bond acceptors (Lipinski definition) is 4. The van der Waals surface area contributed by atoms with Gasteiger partial charge in [-0.1, -0.05) is 54.1 Å². The van der Waals surface area contributed by atoms with E-state index >= 15 is 0 Å². The van der Waals surface area contributed by atoms with Gasteiger partial charge in [0.25, 0.3) is 0 Å². The number of hydrogen-bond donors (Lipinski definition) is 1. The van der Waals surface area contributed by atoms with Crippen molar-refractivity contribution in [3.05, 3.63) is 94.0 Å². The highest BCUT2D eigenvalue weighted by molar-refractivity contribution is 6.31. The van der Waals surface area contributed by atoms with Gasteiger partial charge in [-0.25, -0.2) is 0 Å². The minimum Gasteiger partial charge on any atom is -0.485 e. The molecule has 0 amide bonds. The first kappa shape index (κ1) is 22.7. The molecule has 1 heterocycles. The molecule has 2 unspecified atom stereocenters. The third-order valence-corrected chi connectivity index (χ3v) is 6.39. The SMILES string of the molecule is COC1c2cc(NCc3ccccc3C)ccc2OC(C)(C)C1OCc1ccccc1Cl. The van der Waals surface area contributed by atoms with Crippen molar-refractivity contribution in [2.45, 2.75) is 51.7 Å². The van der Waals surface area contributed by atoms with Crippen LogP contribution in [0.15, 0.2) is 66.7 Å². The summed E-state index contributed by atoms with van der Waals surface area (Å²) in [7, 11) is 1.72. The lowest BCUT2D eigenvalue weighted by Crippen LogP contribution is -2.50. The molecule has 4 rings (SSSR count). The van der Waals surface area contributed by atoms with Crippen molar-refractivity contribution in [1.29, 1.82) is 0 Å². The number of methoxy groups -OCH3 is 1. The maximum absolute atomic E-state index is 6.36. The molecule has 0 aliphatic carbocycles. The number of ether oxygens (including phenoxy) is 3. The monoisotopic (exact) mass is 451 g/mol. The Morgan fingerprint density at radius 3 is 2.44 bits per heavy atom. The molecule has 3 aromatic carbocycles. The number of rotatable bonds is 7. The molecule has 0 saturated heterocycles. The van der Waals surface area contributed by atoms with E-state index in [4.69, 9.17) is 25.8 Å². The Hall–Kier alpha value is -2.53. The Bertz CT molecular complexity index is 1080. The van der Waals surface area contributed by atoms with E-state index in [-0.39, 0.29) is 12.2 Å². The molecule has 0 bridgehead atoms. The lowest BCUT2D eigenvalue weighted by Gasteiger charge is -2.44. The molecular formula is C27H30ClNO3. The van der Waals surface area contributed by atoms with Crippen LogP contribution in [-0.4, -0.2) is 18.8 Å². The van der Waals surface area contributed by atoms with Crippen molar-refractivity contribution in [1.82, 2.24) is 0 Å². The van der Waals surface area contributed by atoms with Crippen LogP contribution in [0.3, 0.4) is 0 Å².